The van der Waals surface area contributed by atoms with Crippen LogP contribution in [0.3, 0.4) is 0 Å². The van der Waals surface area contributed by atoms with Gasteiger partial charge in [0.15, 0.2) is 12.2 Å². The number of carbonyl (C=O) groups excluding carboxylic acids is 4. The lowest BCUT2D eigenvalue weighted by Gasteiger charge is -2.21. The molecule has 0 radical (unpaired) electrons. The van der Waals surface area contributed by atoms with Crippen LogP contribution in [-0.2, 0) is 65.4 Å². The molecular formula is C63H122O17P2. The van der Waals surface area contributed by atoms with E-state index in [-0.39, 0.29) is 25.7 Å². The third-order valence-corrected chi connectivity index (χ3v) is 16.4. The summed E-state index contributed by atoms with van der Waals surface area (Å²) in [5.41, 5.74) is 0. The van der Waals surface area contributed by atoms with Crippen LogP contribution in [0.1, 0.15) is 311 Å². The molecule has 2 unspecified atom stereocenters. The Labute approximate surface area is 498 Å². The van der Waals surface area contributed by atoms with Crippen LogP contribution in [0.5, 0.6) is 0 Å². The summed E-state index contributed by atoms with van der Waals surface area (Å²) in [6.07, 6.45) is 37.8. The van der Waals surface area contributed by atoms with Crippen LogP contribution in [0, 0.1) is 11.8 Å². The maximum Gasteiger partial charge on any atom is 0.472 e. The molecule has 0 amide bonds. The smallest absolute Gasteiger partial charge is 0.462 e. The van der Waals surface area contributed by atoms with Crippen molar-refractivity contribution in [2.24, 2.45) is 11.8 Å². The van der Waals surface area contributed by atoms with Crippen molar-refractivity contribution in [2.45, 2.75) is 330 Å². The van der Waals surface area contributed by atoms with E-state index in [1.807, 2.05) is 0 Å². The molecule has 0 fully saturated rings. The fourth-order valence-corrected chi connectivity index (χ4v) is 10.9. The summed E-state index contributed by atoms with van der Waals surface area (Å²) in [4.78, 5) is 71.9. The molecule has 0 aromatic rings. The number of phosphoric acid groups is 2. The molecule has 0 aromatic heterocycles. The van der Waals surface area contributed by atoms with E-state index in [0.29, 0.717) is 31.6 Å². The predicted octanol–water partition coefficient (Wildman–Crippen LogP) is 17.3. The minimum Gasteiger partial charge on any atom is -0.462 e. The van der Waals surface area contributed by atoms with E-state index < -0.39 is 97.5 Å². The monoisotopic (exact) mass is 1210 g/mol. The van der Waals surface area contributed by atoms with Crippen LogP contribution in [-0.4, -0.2) is 96.7 Å². The van der Waals surface area contributed by atoms with Crippen molar-refractivity contribution >= 4 is 39.5 Å². The molecule has 0 saturated carbocycles. The number of aliphatic hydroxyl groups excluding tert-OH is 1. The highest BCUT2D eigenvalue weighted by Crippen LogP contribution is 2.45. The standard InChI is InChI=1S/C63H122O17P2/c1-7-9-11-13-15-28-35-41-47-62(67)79-58(51-73-60(65)45-39-33-25-14-12-10-8-2)53-77-81(69,70)75-49-57(64)50-76-82(71,72)78-54-59(52-74-61(66)46-40-34-30-24-27-32-38-44-56(5)6)80-63(68)48-42-36-29-23-21-19-17-16-18-20-22-26-31-37-43-55(3)4/h55-59,64H,7-54H2,1-6H3,(H,69,70)(H,71,72)/t57-,58+,59+/m0/s1. The SMILES string of the molecule is CCCCCCCCCCC(=O)O[C@H](COC(=O)CCCCCCCCC)COP(=O)(O)OC[C@H](O)COP(=O)(O)OC[C@@H](COC(=O)CCCCCCCCCC(C)C)OC(=O)CCCCCCCCCCCCCCCCC(C)C. The zero-order valence-corrected chi connectivity index (χ0v) is 54.6. The van der Waals surface area contributed by atoms with Crippen LogP contribution in [0.2, 0.25) is 0 Å². The zero-order chi connectivity index (χ0) is 60.8. The Balaban J connectivity index is 5.16. The molecular weight excluding hydrogens is 1090 g/mol. The highest BCUT2D eigenvalue weighted by Gasteiger charge is 2.30. The van der Waals surface area contributed by atoms with Crippen molar-refractivity contribution < 1.29 is 80.2 Å². The molecule has 0 aromatic carbocycles. The summed E-state index contributed by atoms with van der Waals surface area (Å²) in [7, 11) is -9.88. The average Bonchev–Trinajstić information content (AvgIpc) is 3.43. The van der Waals surface area contributed by atoms with E-state index in [1.165, 1.54) is 103 Å². The number of rotatable bonds is 62. The topological polar surface area (TPSA) is 237 Å². The quantitative estimate of drug-likeness (QED) is 0.0222. The second kappa shape index (κ2) is 55.6. The van der Waals surface area contributed by atoms with Gasteiger partial charge in [0.2, 0.25) is 0 Å². The Bertz CT molecular complexity index is 1620. The Morgan fingerprint density at radius 1 is 0.329 bits per heavy atom. The fourth-order valence-electron chi connectivity index (χ4n) is 9.35. The van der Waals surface area contributed by atoms with Crippen molar-refractivity contribution in [3.63, 3.8) is 0 Å². The summed E-state index contributed by atoms with van der Waals surface area (Å²) >= 11 is 0. The summed E-state index contributed by atoms with van der Waals surface area (Å²) in [6, 6.07) is 0. The number of aliphatic hydroxyl groups is 1. The maximum atomic E-state index is 13.0. The van der Waals surface area contributed by atoms with Crippen LogP contribution >= 0.6 is 15.6 Å². The molecule has 0 aliphatic heterocycles. The third-order valence-electron chi connectivity index (χ3n) is 14.5. The van der Waals surface area contributed by atoms with Crippen LogP contribution in [0.4, 0.5) is 0 Å². The number of ether oxygens (including phenoxy) is 4. The van der Waals surface area contributed by atoms with Gasteiger partial charge < -0.3 is 33.8 Å². The van der Waals surface area contributed by atoms with E-state index in [9.17, 15) is 43.2 Å². The van der Waals surface area contributed by atoms with E-state index in [0.717, 1.165) is 121 Å². The molecule has 0 rings (SSSR count). The number of hydrogen-bond acceptors (Lipinski definition) is 15. The molecule has 17 nitrogen and oxygen atoms in total. The van der Waals surface area contributed by atoms with Gasteiger partial charge in [-0.1, -0.05) is 260 Å². The summed E-state index contributed by atoms with van der Waals surface area (Å²) in [6.45, 7) is 9.39. The molecule has 0 spiro atoms. The number of phosphoric ester groups is 2. The van der Waals surface area contributed by atoms with Gasteiger partial charge in [-0.3, -0.25) is 37.3 Å². The molecule has 0 saturated heterocycles. The van der Waals surface area contributed by atoms with E-state index in [1.54, 1.807) is 0 Å². The molecule has 3 N–H and O–H groups in total. The Morgan fingerprint density at radius 3 is 0.829 bits per heavy atom. The van der Waals surface area contributed by atoms with Crippen LogP contribution < -0.4 is 0 Å². The van der Waals surface area contributed by atoms with Gasteiger partial charge in [0.1, 0.15) is 19.3 Å². The summed E-state index contributed by atoms with van der Waals surface area (Å²) in [5, 5.41) is 10.5. The first-order chi connectivity index (χ1) is 39.4. The maximum absolute atomic E-state index is 13.0. The van der Waals surface area contributed by atoms with Gasteiger partial charge in [0, 0.05) is 25.7 Å². The number of unbranched alkanes of at least 4 members (excludes halogenated alkanes) is 32. The zero-order valence-electron chi connectivity index (χ0n) is 52.8. The summed E-state index contributed by atoms with van der Waals surface area (Å²) in [5.74, 6) is -0.642. The Kier molecular flexibility index (Phi) is 54.3. The first-order valence-electron chi connectivity index (χ1n) is 33.0. The van der Waals surface area contributed by atoms with Crippen LogP contribution in [0.25, 0.3) is 0 Å². The second-order valence-electron chi connectivity index (χ2n) is 23.7. The molecule has 19 heteroatoms. The van der Waals surface area contributed by atoms with Gasteiger partial charge in [-0.15, -0.1) is 0 Å². The lowest BCUT2D eigenvalue weighted by Crippen LogP contribution is -2.30. The highest BCUT2D eigenvalue weighted by atomic mass is 31.2. The van der Waals surface area contributed by atoms with Gasteiger partial charge in [-0.25, -0.2) is 9.13 Å². The predicted molar refractivity (Wildman–Crippen MR) is 326 cm³/mol. The highest BCUT2D eigenvalue weighted by molar-refractivity contribution is 7.47. The number of esters is 4. The van der Waals surface area contributed by atoms with E-state index in [2.05, 4.69) is 41.5 Å². The van der Waals surface area contributed by atoms with Gasteiger partial charge in [-0.2, -0.15) is 0 Å². The molecule has 0 heterocycles. The van der Waals surface area contributed by atoms with Crippen molar-refractivity contribution in [3.8, 4) is 0 Å². The largest absolute Gasteiger partial charge is 0.472 e. The lowest BCUT2D eigenvalue weighted by molar-refractivity contribution is -0.161. The second-order valence-corrected chi connectivity index (χ2v) is 26.7. The van der Waals surface area contributed by atoms with Crippen molar-refractivity contribution in [2.75, 3.05) is 39.6 Å². The lowest BCUT2D eigenvalue weighted by atomic mass is 10.0. The Hall–Kier alpha value is -1.94. The van der Waals surface area contributed by atoms with Gasteiger partial charge in [0.25, 0.3) is 0 Å². The van der Waals surface area contributed by atoms with Crippen molar-refractivity contribution in [3.05, 3.63) is 0 Å². The van der Waals surface area contributed by atoms with Gasteiger partial charge >= 0.3 is 39.5 Å². The van der Waals surface area contributed by atoms with Gasteiger partial charge in [-0.05, 0) is 37.5 Å². The molecule has 0 bridgehead atoms. The first kappa shape index (κ1) is 80.1. The Morgan fingerprint density at radius 2 is 0.561 bits per heavy atom. The summed E-state index contributed by atoms with van der Waals surface area (Å²) < 4.78 is 67.8. The molecule has 0 aliphatic carbocycles. The average molecular weight is 1210 g/mol. The van der Waals surface area contributed by atoms with E-state index in [4.69, 9.17) is 37.0 Å². The number of hydrogen-bond donors (Lipinski definition) is 3. The minimum atomic E-state index is -4.94. The van der Waals surface area contributed by atoms with Crippen molar-refractivity contribution in [1.29, 1.82) is 0 Å². The minimum absolute atomic E-state index is 0.104. The van der Waals surface area contributed by atoms with E-state index >= 15 is 0 Å². The molecule has 0 aliphatic rings. The fraction of sp³-hybridized carbons (Fsp3) is 0.937. The third kappa shape index (κ3) is 57.2. The molecule has 82 heavy (non-hydrogen) atoms. The number of carbonyl (C=O) groups is 4. The molecule has 5 atom stereocenters. The molecule has 486 valence electrons. The normalized spacial score (nSPS) is 14.3. The van der Waals surface area contributed by atoms with Crippen molar-refractivity contribution in [1.82, 2.24) is 0 Å². The van der Waals surface area contributed by atoms with Gasteiger partial charge in [0.05, 0.1) is 26.4 Å². The van der Waals surface area contributed by atoms with Crippen LogP contribution in [0.15, 0.2) is 0 Å². The first-order valence-corrected chi connectivity index (χ1v) is 36.0.